The van der Waals surface area contributed by atoms with Gasteiger partial charge in [0.1, 0.15) is 0 Å². The van der Waals surface area contributed by atoms with Crippen LogP contribution in [0.5, 0.6) is 0 Å². The molecule has 0 spiro atoms. The van der Waals surface area contributed by atoms with Crippen LogP contribution in [0.2, 0.25) is 0 Å². The monoisotopic (exact) mass is 758 g/mol. The molecule has 0 aromatic rings. The minimum Gasteiger partial charge on any atom is -0.455 e. The molecule has 51 heavy (non-hydrogen) atoms. The lowest BCUT2D eigenvalue weighted by Crippen LogP contribution is -2.74. The number of carbonyl (C=O) groups excluding carboxylic acids is 2. The van der Waals surface area contributed by atoms with Crippen LogP contribution >= 0.6 is 0 Å². The largest absolute Gasteiger partial charge is 0.455 e. The van der Waals surface area contributed by atoms with Crippen molar-refractivity contribution >= 4 is 11.9 Å². The molecule has 6 fully saturated rings. The molecule has 1 N–H and O–H groups in total. The van der Waals surface area contributed by atoms with Crippen molar-refractivity contribution in [3.05, 3.63) is 24.3 Å². The van der Waals surface area contributed by atoms with Gasteiger partial charge in [0.15, 0.2) is 12.2 Å². The number of halogens is 12. The van der Waals surface area contributed by atoms with Gasteiger partial charge in [0.25, 0.3) is 11.2 Å². The van der Waals surface area contributed by atoms with E-state index in [-0.39, 0.29) is 31.6 Å². The van der Waals surface area contributed by atoms with E-state index in [1.807, 2.05) is 0 Å². The van der Waals surface area contributed by atoms with E-state index in [2.05, 4.69) is 13.2 Å². The van der Waals surface area contributed by atoms with E-state index < -0.39 is 132 Å². The highest BCUT2D eigenvalue weighted by atomic mass is 19.4. The second-order valence-corrected chi connectivity index (χ2v) is 15.4. The minimum atomic E-state index is -6.49. The van der Waals surface area contributed by atoms with Gasteiger partial charge in [-0.25, -0.2) is 9.59 Å². The molecular formula is C33H38F12O6. The maximum atomic E-state index is 15.3. The van der Waals surface area contributed by atoms with Crippen LogP contribution in [0, 0.1) is 40.9 Å². The molecule has 0 amide bonds. The molecule has 6 aliphatic rings. The maximum Gasteiger partial charge on any atom is 0.430 e. The fraction of sp³-hybridized carbons (Fsp3) is 0.818. The van der Waals surface area contributed by atoms with Crippen molar-refractivity contribution in [1.82, 2.24) is 0 Å². The number of ether oxygens (including phenoxy) is 3. The first kappa shape index (κ1) is 39.7. The fourth-order valence-corrected chi connectivity index (χ4v) is 10.1. The molecule has 18 heteroatoms. The van der Waals surface area contributed by atoms with Crippen LogP contribution in [0.4, 0.5) is 52.7 Å². The van der Waals surface area contributed by atoms with Gasteiger partial charge in [-0.2, -0.15) is 52.7 Å². The summed E-state index contributed by atoms with van der Waals surface area (Å²) in [7, 11) is 0. The third kappa shape index (κ3) is 6.34. The van der Waals surface area contributed by atoms with Crippen LogP contribution in [-0.2, 0) is 23.8 Å². The minimum absolute atomic E-state index is 0.137. The van der Waals surface area contributed by atoms with Gasteiger partial charge < -0.3 is 19.3 Å². The molecule has 7 unspecified atom stereocenters. The highest BCUT2D eigenvalue weighted by Gasteiger charge is 2.83. The van der Waals surface area contributed by atoms with Crippen LogP contribution in [0.1, 0.15) is 71.6 Å². The lowest BCUT2D eigenvalue weighted by molar-refractivity contribution is -0.432. The Balaban J connectivity index is 1.61. The van der Waals surface area contributed by atoms with Crippen molar-refractivity contribution in [2.45, 2.75) is 126 Å². The Hall–Kier alpha value is -2.50. The first-order valence-corrected chi connectivity index (χ1v) is 16.5. The highest BCUT2D eigenvalue weighted by molar-refractivity contribution is 5.87. The van der Waals surface area contributed by atoms with Gasteiger partial charge in [0.05, 0.1) is 6.10 Å². The lowest BCUT2D eigenvalue weighted by Gasteiger charge is -2.63. The maximum absolute atomic E-state index is 15.3. The van der Waals surface area contributed by atoms with Gasteiger partial charge in [0, 0.05) is 22.5 Å². The second kappa shape index (κ2) is 12.5. The number of rotatable bonds is 10. The zero-order valence-electron chi connectivity index (χ0n) is 27.5. The van der Waals surface area contributed by atoms with Crippen molar-refractivity contribution in [3.8, 4) is 0 Å². The van der Waals surface area contributed by atoms with E-state index in [9.17, 15) is 41.0 Å². The molecule has 6 aliphatic carbocycles. The number of esters is 2. The summed E-state index contributed by atoms with van der Waals surface area (Å²) in [6, 6.07) is 0. The van der Waals surface area contributed by atoms with Crippen molar-refractivity contribution in [3.63, 3.8) is 0 Å². The number of carbonyl (C=O) groups is 2. The molecule has 0 aromatic carbocycles. The topological polar surface area (TPSA) is 82.1 Å². The SMILES string of the molecule is C=C(C)C(=O)OC(C12CC3CC(C1)C(OC(C(OC(=O)C(=C)C)C1CC4CCC1C4)(C(F)(F)F)C(F)(F)F)C(C3)C2)C(O)(C(F)(F)F)C(F)(F)F. The van der Waals surface area contributed by atoms with Crippen molar-refractivity contribution in [2.24, 2.45) is 40.9 Å². The zero-order valence-corrected chi connectivity index (χ0v) is 27.5. The summed E-state index contributed by atoms with van der Waals surface area (Å²) in [4.78, 5) is 25.2. The summed E-state index contributed by atoms with van der Waals surface area (Å²) in [5, 5.41) is 10.5. The smallest absolute Gasteiger partial charge is 0.430 e. The Bertz CT molecular complexity index is 1370. The van der Waals surface area contributed by atoms with E-state index in [1.165, 1.54) is 0 Å². The molecule has 0 aliphatic heterocycles. The van der Waals surface area contributed by atoms with Crippen molar-refractivity contribution in [2.75, 3.05) is 0 Å². The first-order valence-electron chi connectivity index (χ1n) is 16.5. The summed E-state index contributed by atoms with van der Waals surface area (Å²) in [5.41, 5.74) is -14.3. The van der Waals surface area contributed by atoms with Gasteiger partial charge in [-0.05, 0) is 94.8 Å². The van der Waals surface area contributed by atoms with Gasteiger partial charge in [-0.1, -0.05) is 19.6 Å². The Kier molecular flexibility index (Phi) is 9.76. The third-order valence-electron chi connectivity index (χ3n) is 11.9. The summed E-state index contributed by atoms with van der Waals surface area (Å²) in [5.74, 6) is -9.45. The van der Waals surface area contributed by atoms with Crippen molar-refractivity contribution in [1.29, 1.82) is 0 Å². The van der Waals surface area contributed by atoms with Gasteiger partial charge in [-0.3, -0.25) is 0 Å². The quantitative estimate of drug-likeness (QED) is 0.137. The normalized spacial score (nSPS) is 33.6. The van der Waals surface area contributed by atoms with Crippen LogP contribution < -0.4 is 0 Å². The highest BCUT2D eigenvalue weighted by Crippen LogP contribution is 2.68. The number of hydrogen-bond donors (Lipinski definition) is 1. The molecule has 0 aromatic heterocycles. The molecular weight excluding hydrogens is 720 g/mol. The van der Waals surface area contributed by atoms with Gasteiger partial charge in [-0.15, -0.1) is 0 Å². The van der Waals surface area contributed by atoms with Gasteiger partial charge in [0.2, 0.25) is 0 Å². The lowest BCUT2D eigenvalue weighted by atomic mass is 9.45. The summed E-state index contributed by atoms with van der Waals surface area (Å²) >= 11 is 0. The standard InChI is InChI=1S/C33H38F12O6/c1-14(2)24(46)49-23(21-10-16-5-6-18(21)7-16)29(32(40,41)42,33(43,44)45)51-22-19-8-17-9-20(22)13-27(11-17,12-19)26(50-25(47)15(3)4)28(48,30(34,35)36)31(37,38)39/h16-23,26,48H,1,3,5-13H2,2,4H3. The van der Waals surface area contributed by atoms with E-state index in [0.29, 0.717) is 12.8 Å². The van der Waals surface area contributed by atoms with E-state index >= 15 is 26.3 Å². The number of fused-ring (bicyclic) bond motifs is 2. The van der Waals surface area contributed by atoms with Crippen LogP contribution in [0.3, 0.4) is 0 Å². The summed E-state index contributed by atoms with van der Waals surface area (Å²) in [6.45, 7) is 8.38. The van der Waals surface area contributed by atoms with Crippen LogP contribution in [0.25, 0.3) is 0 Å². The molecule has 6 saturated carbocycles. The first-order chi connectivity index (χ1) is 23.1. The number of alkyl halides is 12. The van der Waals surface area contributed by atoms with Crippen LogP contribution in [-0.4, -0.2) is 71.3 Å². The predicted octanol–water partition coefficient (Wildman–Crippen LogP) is 8.33. The molecule has 0 heterocycles. The average molecular weight is 759 g/mol. The Morgan fingerprint density at radius 1 is 0.667 bits per heavy atom. The van der Waals surface area contributed by atoms with E-state index in [1.54, 1.807) is 0 Å². The van der Waals surface area contributed by atoms with Gasteiger partial charge >= 0.3 is 36.6 Å². The molecule has 7 atom stereocenters. The molecule has 290 valence electrons. The van der Waals surface area contributed by atoms with E-state index in [4.69, 9.17) is 14.2 Å². The molecule has 0 saturated heterocycles. The molecule has 6 rings (SSSR count). The predicted molar refractivity (Wildman–Crippen MR) is 151 cm³/mol. The Labute approximate surface area is 284 Å². The number of hydrogen-bond acceptors (Lipinski definition) is 6. The average Bonchev–Trinajstić information content (AvgIpc) is 3.59. The Morgan fingerprint density at radius 2 is 1.14 bits per heavy atom. The molecule has 6 bridgehead atoms. The van der Waals surface area contributed by atoms with Crippen LogP contribution in [0.15, 0.2) is 24.3 Å². The second-order valence-electron chi connectivity index (χ2n) is 15.4. The zero-order chi connectivity index (χ0) is 38.5. The van der Waals surface area contributed by atoms with E-state index in [0.717, 1.165) is 13.8 Å². The molecule has 0 radical (unpaired) electrons. The summed E-state index contributed by atoms with van der Waals surface area (Å²) in [6.07, 6.45) is -35.8. The third-order valence-corrected chi connectivity index (χ3v) is 11.9. The number of aliphatic hydroxyl groups is 1. The molecule has 6 nitrogen and oxygen atoms in total. The summed E-state index contributed by atoms with van der Waals surface area (Å²) < 4.78 is 193. The fourth-order valence-electron chi connectivity index (χ4n) is 10.1. The van der Waals surface area contributed by atoms with Crippen molar-refractivity contribution < 1.29 is 81.6 Å². The Morgan fingerprint density at radius 3 is 1.53 bits per heavy atom.